The second-order valence-corrected chi connectivity index (χ2v) is 3.72. The Hall–Kier alpha value is -2.30. The van der Waals surface area contributed by atoms with Crippen LogP contribution in [0.1, 0.15) is 13.3 Å². The number of benzene rings is 1. The monoisotopic (exact) mass is 245 g/mol. The Morgan fingerprint density at radius 3 is 2.78 bits per heavy atom. The molecule has 0 aliphatic carbocycles. The molecule has 5 heteroatoms. The van der Waals surface area contributed by atoms with E-state index >= 15 is 0 Å². The maximum atomic E-state index is 5.67. The van der Waals surface area contributed by atoms with Crippen molar-refractivity contribution in [1.82, 2.24) is 9.97 Å². The highest BCUT2D eigenvalue weighted by Crippen LogP contribution is 2.22. The third-order valence-corrected chi connectivity index (χ3v) is 2.15. The first-order chi connectivity index (χ1) is 8.78. The fraction of sp³-hybridized carbons (Fsp3) is 0.231. The van der Waals surface area contributed by atoms with Gasteiger partial charge in [-0.3, -0.25) is 0 Å². The van der Waals surface area contributed by atoms with E-state index in [0.717, 1.165) is 6.42 Å². The van der Waals surface area contributed by atoms with Crippen molar-refractivity contribution in [3.05, 3.63) is 36.7 Å². The minimum atomic E-state index is 0.432. The SMILES string of the molecule is CCCOc1cc(Oc2cccc(N)c2)ncn1. The smallest absolute Gasteiger partial charge is 0.226 e. The van der Waals surface area contributed by atoms with Crippen LogP contribution >= 0.6 is 0 Å². The minimum Gasteiger partial charge on any atom is -0.477 e. The van der Waals surface area contributed by atoms with Crippen molar-refractivity contribution in [2.75, 3.05) is 12.3 Å². The topological polar surface area (TPSA) is 70.3 Å². The van der Waals surface area contributed by atoms with Crippen LogP contribution in [0.15, 0.2) is 36.7 Å². The van der Waals surface area contributed by atoms with Gasteiger partial charge in [-0.25, -0.2) is 9.97 Å². The lowest BCUT2D eigenvalue weighted by Crippen LogP contribution is -1.98. The second-order valence-electron chi connectivity index (χ2n) is 3.72. The molecule has 0 unspecified atom stereocenters. The van der Waals surface area contributed by atoms with Crippen molar-refractivity contribution in [3.8, 4) is 17.5 Å². The Kier molecular flexibility index (Phi) is 3.96. The quantitative estimate of drug-likeness (QED) is 0.820. The molecule has 0 aliphatic rings. The fourth-order valence-electron chi connectivity index (χ4n) is 1.36. The Labute approximate surface area is 106 Å². The highest BCUT2D eigenvalue weighted by Gasteiger charge is 2.02. The molecule has 1 heterocycles. The van der Waals surface area contributed by atoms with Crippen molar-refractivity contribution >= 4 is 5.69 Å². The lowest BCUT2D eigenvalue weighted by atomic mass is 10.3. The molecule has 0 amide bonds. The second kappa shape index (κ2) is 5.86. The maximum absolute atomic E-state index is 5.67. The molecule has 0 saturated carbocycles. The van der Waals surface area contributed by atoms with Crippen LogP contribution in [0, 0.1) is 0 Å². The molecule has 0 fully saturated rings. The largest absolute Gasteiger partial charge is 0.477 e. The molecule has 0 bridgehead atoms. The number of nitrogens with two attached hydrogens (primary N) is 1. The number of hydrogen-bond donors (Lipinski definition) is 1. The average molecular weight is 245 g/mol. The van der Waals surface area contributed by atoms with Crippen molar-refractivity contribution in [2.24, 2.45) is 0 Å². The van der Waals surface area contributed by atoms with Gasteiger partial charge < -0.3 is 15.2 Å². The molecule has 0 spiro atoms. The van der Waals surface area contributed by atoms with E-state index in [0.29, 0.717) is 29.8 Å². The van der Waals surface area contributed by atoms with Gasteiger partial charge >= 0.3 is 0 Å². The molecule has 0 aliphatic heterocycles. The van der Waals surface area contributed by atoms with Gasteiger partial charge in [-0.05, 0) is 18.6 Å². The first-order valence-electron chi connectivity index (χ1n) is 5.76. The number of ether oxygens (including phenoxy) is 2. The molecule has 94 valence electrons. The lowest BCUT2D eigenvalue weighted by Gasteiger charge is -2.07. The van der Waals surface area contributed by atoms with Gasteiger partial charge in [0, 0.05) is 11.8 Å². The van der Waals surface area contributed by atoms with Crippen LogP contribution in [0.2, 0.25) is 0 Å². The zero-order valence-corrected chi connectivity index (χ0v) is 10.2. The molecular formula is C13H15N3O2. The van der Waals surface area contributed by atoms with Crippen LogP contribution in [0.3, 0.4) is 0 Å². The van der Waals surface area contributed by atoms with Crippen LogP contribution < -0.4 is 15.2 Å². The van der Waals surface area contributed by atoms with Crippen LogP contribution in [0.5, 0.6) is 17.5 Å². The zero-order valence-electron chi connectivity index (χ0n) is 10.2. The number of nitrogens with zero attached hydrogens (tertiary/aromatic N) is 2. The van der Waals surface area contributed by atoms with E-state index in [9.17, 15) is 0 Å². The standard InChI is InChI=1S/C13H15N3O2/c1-2-6-17-12-8-13(16-9-15-12)18-11-5-3-4-10(14)7-11/h3-5,7-9H,2,6,14H2,1H3. The summed E-state index contributed by atoms with van der Waals surface area (Å²) in [4.78, 5) is 8.02. The van der Waals surface area contributed by atoms with E-state index < -0.39 is 0 Å². The lowest BCUT2D eigenvalue weighted by molar-refractivity contribution is 0.302. The summed E-state index contributed by atoms with van der Waals surface area (Å²) in [5.74, 6) is 1.57. The molecule has 0 saturated heterocycles. The summed E-state index contributed by atoms with van der Waals surface area (Å²) in [5, 5.41) is 0. The van der Waals surface area contributed by atoms with Gasteiger partial charge in [0.15, 0.2) is 0 Å². The van der Waals surface area contributed by atoms with Crippen molar-refractivity contribution in [2.45, 2.75) is 13.3 Å². The zero-order chi connectivity index (χ0) is 12.8. The van der Waals surface area contributed by atoms with E-state index in [-0.39, 0.29) is 0 Å². The number of aromatic nitrogens is 2. The summed E-state index contributed by atoms with van der Waals surface area (Å²) >= 11 is 0. The van der Waals surface area contributed by atoms with E-state index in [1.807, 2.05) is 19.1 Å². The van der Waals surface area contributed by atoms with Gasteiger partial charge in [0.25, 0.3) is 0 Å². The minimum absolute atomic E-state index is 0.432. The molecule has 2 rings (SSSR count). The van der Waals surface area contributed by atoms with Crippen LogP contribution in [-0.2, 0) is 0 Å². The maximum Gasteiger partial charge on any atom is 0.226 e. The van der Waals surface area contributed by atoms with Crippen LogP contribution in [0.4, 0.5) is 5.69 Å². The van der Waals surface area contributed by atoms with Gasteiger partial charge in [-0.1, -0.05) is 13.0 Å². The van der Waals surface area contributed by atoms with E-state index in [1.165, 1.54) is 6.33 Å². The first-order valence-corrected chi connectivity index (χ1v) is 5.76. The summed E-state index contributed by atoms with van der Waals surface area (Å²) in [5.41, 5.74) is 6.31. The summed E-state index contributed by atoms with van der Waals surface area (Å²) in [6.07, 6.45) is 2.34. The predicted molar refractivity (Wildman–Crippen MR) is 68.7 cm³/mol. The Balaban J connectivity index is 2.09. The van der Waals surface area contributed by atoms with E-state index in [4.69, 9.17) is 15.2 Å². The van der Waals surface area contributed by atoms with Crippen molar-refractivity contribution in [1.29, 1.82) is 0 Å². The average Bonchev–Trinajstić information content (AvgIpc) is 2.37. The molecule has 1 aromatic carbocycles. The molecule has 0 atom stereocenters. The molecule has 0 radical (unpaired) electrons. The van der Waals surface area contributed by atoms with E-state index in [1.54, 1.807) is 18.2 Å². The molecular weight excluding hydrogens is 230 g/mol. The van der Waals surface area contributed by atoms with Gasteiger partial charge in [0.1, 0.15) is 12.1 Å². The summed E-state index contributed by atoms with van der Waals surface area (Å²) < 4.78 is 11.0. The Morgan fingerprint density at radius 2 is 2.00 bits per heavy atom. The third-order valence-electron chi connectivity index (χ3n) is 2.15. The van der Waals surface area contributed by atoms with Gasteiger partial charge in [-0.15, -0.1) is 0 Å². The third kappa shape index (κ3) is 3.35. The number of hydrogen-bond acceptors (Lipinski definition) is 5. The Bertz CT molecular complexity index is 517. The molecule has 2 aromatic rings. The molecule has 5 nitrogen and oxygen atoms in total. The van der Waals surface area contributed by atoms with Crippen molar-refractivity contribution in [3.63, 3.8) is 0 Å². The highest BCUT2D eigenvalue weighted by molar-refractivity contribution is 5.44. The summed E-state index contributed by atoms with van der Waals surface area (Å²) in [7, 11) is 0. The fourth-order valence-corrected chi connectivity index (χ4v) is 1.36. The molecule has 1 aromatic heterocycles. The van der Waals surface area contributed by atoms with Crippen LogP contribution in [0.25, 0.3) is 0 Å². The number of anilines is 1. The van der Waals surface area contributed by atoms with E-state index in [2.05, 4.69) is 9.97 Å². The van der Waals surface area contributed by atoms with Gasteiger partial charge in [-0.2, -0.15) is 0 Å². The number of nitrogen functional groups attached to an aromatic ring is 1. The Morgan fingerprint density at radius 1 is 1.17 bits per heavy atom. The van der Waals surface area contributed by atoms with Crippen LogP contribution in [-0.4, -0.2) is 16.6 Å². The molecule has 2 N–H and O–H groups in total. The summed E-state index contributed by atoms with van der Waals surface area (Å²) in [6, 6.07) is 8.81. The van der Waals surface area contributed by atoms with Crippen molar-refractivity contribution < 1.29 is 9.47 Å². The van der Waals surface area contributed by atoms with Gasteiger partial charge in [0.2, 0.25) is 11.8 Å². The first kappa shape index (κ1) is 12.2. The highest BCUT2D eigenvalue weighted by atomic mass is 16.5. The predicted octanol–water partition coefficient (Wildman–Crippen LogP) is 2.64. The number of rotatable bonds is 5. The van der Waals surface area contributed by atoms with Gasteiger partial charge in [0.05, 0.1) is 12.7 Å². The summed E-state index contributed by atoms with van der Waals surface area (Å²) in [6.45, 7) is 2.65. The normalized spacial score (nSPS) is 10.1. The molecule has 18 heavy (non-hydrogen) atoms.